The second kappa shape index (κ2) is 8.10. The van der Waals surface area contributed by atoms with Crippen LogP contribution in [0, 0.1) is 5.41 Å². The van der Waals surface area contributed by atoms with Crippen LogP contribution in [0.2, 0.25) is 0 Å². The van der Waals surface area contributed by atoms with E-state index in [1.165, 1.54) is 7.11 Å². The summed E-state index contributed by atoms with van der Waals surface area (Å²) in [6.07, 6.45) is 1.09. The number of rotatable bonds is 5. The number of aliphatic imine (C=N–C) groups is 1. The summed E-state index contributed by atoms with van der Waals surface area (Å²) in [5.41, 5.74) is 1.74. The molecule has 0 bridgehead atoms. The zero-order chi connectivity index (χ0) is 18.4. The number of methoxy groups -OCH3 is 1. The summed E-state index contributed by atoms with van der Waals surface area (Å²) in [5.74, 6) is -0.610. The Hall–Kier alpha value is -2.43. The third-order valence-corrected chi connectivity index (χ3v) is 4.23. The van der Waals surface area contributed by atoms with Crippen LogP contribution >= 0.6 is 0 Å². The molecule has 0 aliphatic heterocycles. The summed E-state index contributed by atoms with van der Waals surface area (Å²) in [6.45, 7) is 4.49. The van der Waals surface area contributed by atoms with Crippen LogP contribution < -0.4 is 0 Å². The summed E-state index contributed by atoms with van der Waals surface area (Å²) < 4.78 is 4.59. The van der Waals surface area contributed by atoms with Crippen LogP contribution in [-0.2, 0) is 20.9 Å². The lowest BCUT2D eigenvalue weighted by Crippen LogP contribution is -2.32. The van der Waals surface area contributed by atoms with Crippen molar-refractivity contribution in [3.63, 3.8) is 0 Å². The second-order valence-electron chi connectivity index (χ2n) is 7.09. The maximum absolute atomic E-state index is 12.6. The fourth-order valence-electron chi connectivity index (χ4n) is 2.97. The number of benzene rings is 1. The summed E-state index contributed by atoms with van der Waals surface area (Å²) in [5, 5.41) is 10.4. The molecule has 1 aliphatic rings. The monoisotopic (exact) mass is 343 g/mol. The number of aliphatic hydroxyl groups is 1. The molecule has 2 rings (SSSR count). The first kappa shape index (κ1) is 18.9. The Balaban J connectivity index is 2.29. The van der Waals surface area contributed by atoms with Gasteiger partial charge in [-0.1, -0.05) is 44.2 Å². The van der Waals surface area contributed by atoms with E-state index in [-0.39, 0.29) is 35.4 Å². The molecule has 0 atom stereocenters. The smallest absolute Gasteiger partial charge is 0.305 e. The first-order chi connectivity index (χ1) is 11.8. The number of aliphatic hydroxyl groups excluding tert-OH is 1. The average Bonchev–Trinajstić information content (AvgIpc) is 2.57. The lowest BCUT2D eigenvalue weighted by molar-refractivity contribution is -0.140. The number of nitrogens with zero attached hydrogens (tertiary/aromatic N) is 1. The van der Waals surface area contributed by atoms with E-state index in [0.29, 0.717) is 25.1 Å². The van der Waals surface area contributed by atoms with Crippen molar-refractivity contribution in [1.29, 1.82) is 0 Å². The predicted octanol–water partition coefficient (Wildman–Crippen LogP) is 3.78. The molecular weight excluding hydrogens is 318 g/mol. The quantitative estimate of drug-likeness (QED) is 0.501. The molecule has 0 saturated heterocycles. The van der Waals surface area contributed by atoms with Gasteiger partial charge in [-0.25, -0.2) is 0 Å². The molecule has 5 heteroatoms. The van der Waals surface area contributed by atoms with Crippen molar-refractivity contribution in [1.82, 2.24) is 0 Å². The minimum Gasteiger partial charge on any atom is -0.511 e. The number of carbonyl (C=O) groups is 2. The Morgan fingerprint density at radius 2 is 1.88 bits per heavy atom. The van der Waals surface area contributed by atoms with E-state index in [9.17, 15) is 14.7 Å². The molecule has 1 saturated carbocycles. The lowest BCUT2D eigenvalue weighted by atomic mass is 9.73. The van der Waals surface area contributed by atoms with Gasteiger partial charge in [0.25, 0.3) is 0 Å². The highest BCUT2D eigenvalue weighted by Gasteiger charge is 2.36. The topological polar surface area (TPSA) is 76.0 Å². The van der Waals surface area contributed by atoms with E-state index in [4.69, 9.17) is 0 Å². The van der Waals surface area contributed by atoms with Crippen molar-refractivity contribution in [2.75, 3.05) is 7.11 Å². The number of hydrogen-bond acceptors (Lipinski definition) is 5. The maximum Gasteiger partial charge on any atom is 0.305 e. The number of esters is 1. The fourth-order valence-corrected chi connectivity index (χ4v) is 2.97. The normalized spacial score (nSPS) is 20.4. The molecule has 0 radical (unpaired) electrons. The van der Waals surface area contributed by atoms with Gasteiger partial charge >= 0.3 is 5.97 Å². The summed E-state index contributed by atoms with van der Waals surface area (Å²) in [4.78, 5) is 28.5. The number of carbonyl (C=O) groups excluding carboxylic acids is 2. The summed E-state index contributed by atoms with van der Waals surface area (Å²) in [6, 6.07) is 9.76. The maximum atomic E-state index is 12.6. The fraction of sp³-hybridized carbons (Fsp3) is 0.450. The highest BCUT2D eigenvalue weighted by Crippen LogP contribution is 2.36. The minimum atomic E-state index is -0.418. The van der Waals surface area contributed by atoms with E-state index < -0.39 is 5.97 Å². The standard InChI is InChI=1S/C20H25NO4/c1-20(2)11-15(21-13-14-7-5-4-6-8-14)19(17(23)12-20)16(22)9-10-18(24)25-3/h4-8,22H,9-13H2,1-3H3/b19-16+,21-15?. The lowest BCUT2D eigenvalue weighted by Gasteiger charge is -2.31. The summed E-state index contributed by atoms with van der Waals surface area (Å²) in [7, 11) is 1.30. The SMILES string of the molecule is COC(=O)CC/C(O)=C1\C(=O)CC(C)(C)CC1=NCc1ccccc1. The first-order valence-electron chi connectivity index (χ1n) is 8.42. The van der Waals surface area contributed by atoms with Crippen molar-refractivity contribution in [2.24, 2.45) is 10.4 Å². The Bertz CT molecular complexity index is 702. The van der Waals surface area contributed by atoms with E-state index in [1.807, 2.05) is 44.2 Å². The highest BCUT2D eigenvalue weighted by molar-refractivity contribution is 6.24. The molecule has 5 nitrogen and oxygen atoms in total. The molecule has 0 spiro atoms. The third kappa shape index (κ3) is 5.28. The van der Waals surface area contributed by atoms with Gasteiger partial charge < -0.3 is 9.84 Å². The van der Waals surface area contributed by atoms with Crippen LogP contribution in [0.5, 0.6) is 0 Å². The van der Waals surface area contributed by atoms with Gasteiger partial charge in [-0.15, -0.1) is 0 Å². The van der Waals surface area contributed by atoms with Gasteiger partial charge in [-0.2, -0.15) is 0 Å². The van der Waals surface area contributed by atoms with Crippen LogP contribution in [0.25, 0.3) is 0 Å². The largest absolute Gasteiger partial charge is 0.511 e. The number of ketones is 1. The van der Waals surface area contributed by atoms with Crippen molar-refractivity contribution in [3.05, 3.63) is 47.2 Å². The van der Waals surface area contributed by atoms with Gasteiger partial charge in [0.2, 0.25) is 0 Å². The highest BCUT2D eigenvalue weighted by atomic mass is 16.5. The third-order valence-electron chi connectivity index (χ3n) is 4.23. The van der Waals surface area contributed by atoms with Gasteiger partial charge in [0.1, 0.15) is 5.76 Å². The molecule has 1 aromatic rings. The van der Waals surface area contributed by atoms with E-state index in [1.54, 1.807) is 0 Å². The average molecular weight is 343 g/mol. The van der Waals surface area contributed by atoms with E-state index >= 15 is 0 Å². The Labute approximate surface area is 148 Å². The van der Waals surface area contributed by atoms with Gasteiger partial charge in [-0.3, -0.25) is 14.6 Å². The molecule has 1 aromatic carbocycles. The molecule has 0 amide bonds. The first-order valence-corrected chi connectivity index (χ1v) is 8.42. The molecular formula is C20H25NO4. The molecule has 25 heavy (non-hydrogen) atoms. The van der Waals surface area contributed by atoms with Crippen molar-refractivity contribution < 1.29 is 19.4 Å². The van der Waals surface area contributed by atoms with Crippen LogP contribution in [0.15, 0.2) is 46.7 Å². The van der Waals surface area contributed by atoms with Crippen LogP contribution in [0.3, 0.4) is 0 Å². The molecule has 1 aliphatic carbocycles. The predicted molar refractivity (Wildman–Crippen MR) is 96.5 cm³/mol. The zero-order valence-corrected chi connectivity index (χ0v) is 15.0. The van der Waals surface area contributed by atoms with Gasteiger partial charge in [0.15, 0.2) is 5.78 Å². The van der Waals surface area contributed by atoms with Crippen molar-refractivity contribution in [3.8, 4) is 0 Å². The van der Waals surface area contributed by atoms with Crippen LogP contribution in [-0.4, -0.2) is 29.7 Å². The molecule has 1 fully saturated rings. The van der Waals surface area contributed by atoms with Crippen molar-refractivity contribution >= 4 is 17.5 Å². The number of allylic oxidation sites excluding steroid dienone is 2. The molecule has 0 unspecified atom stereocenters. The number of ether oxygens (including phenoxy) is 1. The minimum absolute atomic E-state index is 0.0362. The summed E-state index contributed by atoms with van der Waals surface area (Å²) >= 11 is 0. The van der Waals surface area contributed by atoms with Crippen LogP contribution in [0.4, 0.5) is 0 Å². The van der Waals surface area contributed by atoms with Crippen LogP contribution in [0.1, 0.15) is 45.1 Å². The molecule has 134 valence electrons. The molecule has 0 aromatic heterocycles. The van der Waals surface area contributed by atoms with E-state index in [2.05, 4.69) is 9.73 Å². The molecule has 0 heterocycles. The Kier molecular flexibility index (Phi) is 6.12. The van der Waals surface area contributed by atoms with E-state index in [0.717, 1.165) is 5.56 Å². The Morgan fingerprint density at radius 3 is 2.52 bits per heavy atom. The second-order valence-corrected chi connectivity index (χ2v) is 7.09. The zero-order valence-electron chi connectivity index (χ0n) is 15.0. The van der Waals surface area contributed by atoms with Gasteiger partial charge in [0.05, 0.1) is 25.6 Å². The number of hydrogen-bond donors (Lipinski definition) is 1. The molecule has 1 N–H and O–H groups in total. The van der Waals surface area contributed by atoms with Gasteiger partial charge in [0, 0.05) is 18.6 Å². The van der Waals surface area contributed by atoms with Crippen molar-refractivity contribution in [2.45, 2.75) is 46.1 Å². The number of Topliss-reactive ketones (excluding diaryl/α,β-unsaturated/α-hetero) is 1. The Morgan fingerprint density at radius 1 is 1.20 bits per heavy atom. The van der Waals surface area contributed by atoms with Gasteiger partial charge in [-0.05, 0) is 17.4 Å².